The summed E-state index contributed by atoms with van der Waals surface area (Å²) in [5, 5.41) is 0.948. The van der Waals surface area contributed by atoms with E-state index in [0.29, 0.717) is 59.2 Å². The lowest BCUT2D eigenvalue weighted by Crippen LogP contribution is -2.40. The topological polar surface area (TPSA) is 73.2 Å². The molecule has 3 aromatic carbocycles. The third-order valence-corrected chi connectivity index (χ3v) is 8.24. The largest absolute Gasteiger partial charge is 0.489 e. The molecular formula is C35H39N3O5. The number of benzene rings is 3. The summed E-state index contributed by atoms with van der Waals surface area (Å²) in [5.41, 5.74) is 4.79. The molecule has 1 aromatic heterocycles. The number of hydrogen-bond donors (Lipinski definition) is 0. The van der Waals surface area contributed by atoms with Crippen molar-refractivity contribution in [1.29, 1.82) is 0 Å². The van der Waals surface area contributed by atoms with Crippen molar-refractivity contribution < 1.29 is 23.8 Å². The van der Waals surface area contributed by atoms with Crippen LogP contribution in [0.5, 0.6) is 5.75 Å². The van der Waals surface area contributed by atoms with Gasteiger partial charge in [0.25, 0.3) is 11.8 Å². The molecule has 0 radical (unpaired) electrons. The van der Waals surface area contributed by atoms with Crippen LogP contribution in [-0.2, 0) is 29.0 Å². The lowest BCUT2D eigenvalue weighted by atomic mass is 10.1. The normalized spacial score (nSPS) is 15.5. The summed E-state index contributed by atoms with van der Waals surface area (Å²) in [6.45, 7) is 6.16. The second kappa shape index (κ2) is 13.9. The van der Waals surface area contributed by atoms with Crippen molar-refractivity contribution >= 4 is 22.7 Å². The smallest absolute Gasteiger partial charge is 0.256 e. The molecule has 6 rings (SSSR count). The average molecular weight is 582 g/mol. The fraction of sp³-hybridized carbons (Fsp3) is 0.371. The maximum Gasteiger partial charge on any atom is 0.256 e. The highest BCUT2D eigenvalue weighted by atomic mass is 16.5. The number of carbonyl (C=O) groups is 2. The quantitative estimate of drug-likeness (QED) is 0.241. The van der Waals surface area contributed by atoms with E-state index in [0.717, 1.165) is 59.2 Å². The van der Waals surface area contributed by atoms with Gasteiger partial charge < -0.3 is 28.6 Å². The highest BCUT2D eigenvalue weighted by Crippen LogP contribution is 2.28. The number of ether oxygens (including phenoxy) is 3. The summed E-state index contributed by atoms with van der Waals surface area (Å²) in [4.78, 5) is 30.0. The molecule has 2 saturated heterocycles. The Morgan fingerprint density at radius 1 is 0.721 bits per heavy atom. The van der Waals surface area contributed by atoms with E-state index >= 15 is 0 Å². The Balaban J connectivity index is 1.12. The molecule has 0 atom stereocenters. The predicted molar refractivity (Wildman–Crippen MR) is 166 cm³/mol. The van der Waals surface area contributed by atoms with Crippen molar-refractivity contribution in [2.45, 2.75) is 32.4 Å². The molecule has 4 aromatic rings. The first kappa shape index (κ1) is 29.0. The summed E-state index contributed by atoms with van der Waals surface area (Å²) < 4.78 is 19.2. The molecule has 0 saturated carbocycles. The van der Waals surface area contributed by atoms with Gasteiger partial charge in [-0.1, -0.05) is 42.5 Å². The maximum absolute atomic E-state index is 13.5. The molecule has 3 heterocycles. The van der Waals surface area contributed by atoms with E-state index in [4.69, 9.17) is 14.2 Å². The van der Waals surface area contributed by atoms with Gasteiger partial charge in [0.15, 0.2) is 0 Å². The molecule has 224 valence electrons. The van der Waals surface area contributed by atoms with Gasteiger partial charge in [0.1, 0.15) is 12.4 Å². The molecule has 2 amide bonds. The van der Waals surface area contributed by atoms with Gasteiger partial charge in [-0.3, -0.25) is 9.59 Å². The second-order valence-electron chi connectivity index (χ2n) is 11.2. The zero-order chi connectivity index (χ0) is 29.4. The van der Waals surface area contributed by atoms with Crippen LogP contribution in [0, 0.1) is 0 Å². The van der Waals surface area contributed by atoms with E-state index in [1.165, 1.54) is 5.56 Å². The van der Waals surface area contributed by atoms with Crippen molar-refractivity contribution in [2.24, 2.45) is 0 Å². The molecule has 0 N–H and O–H groups in total. The number of morpholine rings is 2. The van der Waals surface area contributed by atoms with Crippen LogP contribution in [0.2, 0.25) is 0 Å². The summed E-state index contributed by atoms with van der Waals surface area (Å²) in [7, 11) is 0. The van der Waals surface area contributed by atoms with Gasteiger partial charge in [-0.25, -0.2) is 0 Å². The molecule has 8 nitrogen and oxygen atoms in total. The minimum Gasteiger partial charge on any atom is -0.489 e. The molecule has 2 fully saturated rings. The number of fused-ring (bicyclic) bond motifs is 1. The van der Waals surface area contributed by atoms with E-state index in [9.17, 15) is 9.59 Å². The number of aryl methyl sites for hydroxylation is 2. The van der Waals surface area contributed by atoms with Crippen LogP contribution in [0.1, 0.15) is 44.7 Å². The Morgan fingerprint density at radius 2 is 1.40 bits per heavy atom. The van der Waals surface area contributed by atoms with Crippen molar-refractivity contribution in [1.82, 2.24) is 14.4 Å². The van der Waals surface area contributed by atoms with Crippen molar-refractivity contribution in [3.05, 3.63) is 101 Å². The molecule has 43 heavy (non-hydrogen) atoms. The number of unbranched alkanes of at least 4 members (excludes halogenated alkanes) is 1. The van der Waals surface area contributed by atoms with Crippen molar-refractivity contribution in [3.63, 3.8) is 0 Å². The van der Waals surface area contributed by atoms with Gasteiger partial charge in [-0.15, -0.1) is 0 Å². The fourth-order valence-electron chi connectivity index (χ4n) is 5.77. The van der Waals surface area contributed by atoms with Gasteiger partial charge in [0, 0.05) is 55.9 Å². The van der Waals surface area contributed by atoms with Crippen LogP contribution in [0.25, 0.3) is 10.9 Å². The molecule has 0 aliphatic carbocycles. The van der Waals surface area contributed by atoms with Crippen LogP contribution < -0.4 is 4.74 Å². The summed E-state index contributed by atoms with van der Waals surface area (Å²) in [5.74, 6) is 0.911. The average Bonchev–Trinajstić information content (AvgIpc) is 3.44. The van der Waals surface area contributed by atoms with Gasteiger partial charge in [0.05, 0.1) is 37.5 Å². The SMILES string of the molecule is O=C(c1ccc(CCCCn2cc(C(=O)N3CCOCC3)c3ccc(OCc4ccccc4)cc32)cc1)N1CCOCC1. The number of carbonyl (C=O) groups excluding carboxylic acids is 2. The lowest BCUT2D eigenvalue weighted by Gasteiger charge is -2.26. The number of rotatable bonds is 10. The number of amides is 2. The van der Waals surface area contributed by atoms with Gasteiger partial charge in [-0.05, 0) is 54.7 Å². The van der Waals surface area contributed by atoms with Crippen molar-refractivity contribution in [3.8, 4) is 5.75 Å². The minimum atomic E-state index is 0.0525. The molecule has 0 unspecified atom stereocenters. The molecule has 2 aliphatic rings. The van der Waals surface area contributed by atoms with Crippen LogP contribution >= 0.6 is 0 Å². The predicted octanol–water partition coefficient (Wildman–Crippen LogP) is 5.19. The molecule has 0 bridgehead atoms. The van der Waals surface area contributed by atoms with Crippen LogP contribution in [-0.4, -0.2) is 78.8 Å². The first-order valence-corrected chi connectivity index (χ1v) is 15.3. The molecule has 8 heteroatoms. The first-order chi connectivity index (χ1) is 21.2. The van der Waals surface area contributed by atoms with E-state index in [2.05, 4.69) is 34.9 Å². The zero-order valence-electron chi connectivity index (χ0n) is 24.6. The number of nitrogens with zero attached hydrogens (tertiary/aromatic N) is 3. The lowest BCUT2D eigenvalue weighted by molar-refractivity contribution is 0.0302. The monoisotopic (exact) mass is 581 g/mol. The molecule has 0 spiro atoms. The summed E-state index contributed by atoms with van der Waals surface area (Å²) in [6.07, 6.45) is 4.89. The van der Waals surface area contributed by atoms with Gasteiger partial charge in [0.2, 0.25) is 0 Å². The Kier molecular flexibility index (Phi) is 9.35. The summed E-state index contributed by atoms with van der Waals surface area (Å²) >= 11 is 0. The third-order valence-electron chi connectivity index (χ3n) is 8.24. The highest BCUT2D eigenvalue weighted by molar-refractivity contribution is 6.07. The van der Waals surface area contributed by atoms with E-state index in [1.54, 1.807) is 0 Å². The van der Waals surface area contributed by atoms with E-state index < -0.39 is 0 Å². The Hall–Kier alpha value is -4.14. The molecular weight excluding hydrogens is 542 g/mol. The zero-order valence-corrected chi connectivity index (χ0v) is 24.6. The third kappa shape index (κ3) is 7.09. The van der Waals surface area contributed by atoms with E-state index in [1.807, 2.05) is 58.5 Å². The Labute approximate surface area is 252 Å². The summed E-state index contributed by atoms with van der Waals surface area (Å²) in [6, 6.07) is 24.1. The van der Waals surface area contributed by atoms with Crippen molar-refractivity contribution in [2.75, 3.05) is 52.6 Å². The van der Waals surface area contributed by atoms with Gasteiger partial charge >= 0.3 is 0 Å². The second-order valence-corrected chi connectivity index (χ2v) is 11.2. The fourth-order valence-corrected chi connectivity index (χ4v) is 5.77. The molecule has 2 aliphatic heterocycles. The minimum absolute atomic E-state index is 0.0525. The Morgan fingerprint density at radius 3 is 2.09 bits per heavy atom. The maximum atomic E-state index is 13.5. The van der Waals surface area contributed by atoms with Crippen LogP contribution in [0.4, 0.5) is 0 Å². The van der Waals surface area contributed by atoms with E-state index in [-0.39, 0.29) is 11.8 Å². The number of hydrogen-bond acceptors (Lipinski definition) is 5. The Bertz CT molecular complexity index is 1520. The van der Waals surface area contributed by atoms with Gasteiger partial charge in [-0.2, -0.15) is 0 Å². The number of aromatic nitrogens is 1. The first-order valence-electron chi connectivity index (χ1n) is 15.3. The van der Waals surface area contributed by atoms with Crippen LogP contribution in [0.15, 0.2) is 79.0 Å². The standard InChI is InChI=1S/C35H39N3O5/c39-34(36-16-20-41-21-17-36)29-11-9-27(10-12-29)6-4-5-15-38-25-32(35(40)37-18-22-42-23-19-37)31-14-13-30(24-33(31)38)43-26-28-7-2-1-3-8-28/h1-3,7-14,24-25H,4-6,15-23,26H2. The highest BCUT2D eigenvalue weighted by Gasteiger charge is 2.23. The van der Waals surface area contributed by atoms with Crippen LogP contribution in [0.3, 0.4) is 0 Å².